The Morgan fingerprint density at radius 1 is 1.14 bits per heavy atom. The molecule has 3 aromatic rings. The Labute approximate surface area is 161 Å². The highest BCUT2D eigenvalue weighted by Gasteiger charge is 2.30. The molecule has 7 nitrogen and oxygen atoms in total. The van der Waals surface area contributed by atoms with Gasteiger partial charge in [0.05, 0.1) is 11.1 Å². The van der Waals surface area contributed by atoms with Crippen LogP contribution in [0, 0.1) is 0 Å². The molecule has 10 heteroatoms. The molecule has 3 rings (SSSR count). The summed E-state index contributed by atoms with van der Waals surface area (Å²) in [5.41, 5.74) is -0.0367. The highest BCUT2D eigenvalue weighted by Crippen LogP contribution is 2.29. The van der Waals surface area contributed by atoms with Gasteiger partial charge in [-0.15, -0.1) is 0 Å². The zero-order valence-corrected chi connectivity index (χ0v) is 15.0. The maximum absolute atomic E-state index is 12.6. The van der Waals surface area contributed by atoms with E-state index in [-0.39, 0.29) is 5.69 Å². The Hall–Kier alpha value is -3.56. The van der Waals surface area contributed by atoms with E-state index in [1.807, 2.05) is 0 Å². The van der Waals surface area contributed by atoms with Crippen molar-refractivity contribution >= 4 is 28.7 Å². The van der Waals surface area contributed by atoms with Gasteiger partial charge in [0, 0.05) is 5.69 Å². The van der Waals surface area contributed by atoms with E-state index in [0.717, 1.165) is 28.8 Å². The predicted octanol–water partition coefficient (Wildman–Crippen LogP) is 3.18. The molecule has 1 N–H and O–H groups in total. The van der Waals surface area contributed by atoms with E-state index in [9.17, 15) is 27.6 Å². The van der Waals surface area contributed by atoms with Crippen molar-refractivity contribution in [1.29, 1.82) is 0 Å². The van der Waals surface area contributed by atoms with Gasteiger partial charge in [-0.2, -0.15) is 13.2 Å². The molecular weight excluding hydrogens is 393 g/mol. The van der Waals surface area contributed by atoms with Crippen LogP contribution in [0.2, 0.25) is 0 Å². The van der Waals surface area contributed by atoms with Gasteiger partial charge in [-0.25, -0.2) is 4.79 Å². The number of nitrogens with zero attached hydrogens (tertiary/aromatic N) is 1. The Balaban J connectivity index is 1.61. The molecule has 0 aliphatic rings. The highest BCUT2D eigenvalue weighted by atomic mass is 19.4. The van der Waals surface area contributed by atoms with Crippen molar-refractivity contribution in [3.05, 3.63) is 64.6 Å². The predicted molar refractivity (Wildman–Crippen MR) is 96.1 cm³/mol. The summed E-state index contributed by atoms with van der Waals surface area (Å²) < 4.78 is 48.8. The number of amides is 1. The molecule has 0 saturated carbocycles. The number of oxazole rings is 1. The van der Waals surface area contributed by atoms with Gasteiger partial charge in [0.2, 0.25) is 0 Å². The second kappa shape index (κ2) is 7.82. The van der Waals surface area contributed by atoms with Crippen molar-refractivity contribution in [3.63, 3.8) is 0 Å². The van der Waals surface area contributed by atoms with Crippen molar-refractivity contribution in [2.75, 3.05) is 5.32 Å². The molecule has 0 aliphatic heterocycles. The van der Waals surface area contributed by atoms with Gasteiger partial charge in [-0.3, -0.25) is 14.2 Å². The van der Waals surface area contributed by atoms with E-state index in [2.05, 4.69) is 5.32 Å². The minimum absolute atomic E-state index is 0.114. The molecule has 0 unspecified atom stereocenters. The quantitative estimate of drug-likeness (QED) is 0.655. The number of hydrogen-bond acceptors (Lipinski definition) is 5. The van der Waals surface area contributed by atoms with E-state index < -0.39 is 42.0 Å². The Bertz CT molecular complexity index is 1100. The van der Waals surface area contributed by atoms with Crippen molar-refractivity contribution in [2.24, 2.45) is 0 Å². The first kappa shape index (κ1) is 20.2. The third-order valence-corrected chi connectivity index (χ3v) is 4.02. The number of ether oxygens (including phenoxy) is 1. The Morgan fingerprint density at radius 2 is 1.79 bits per heavy atom. The molecular formula is C19H15F3N2O5. The molecule has 152 valence electrons. The summed E-state index contributed by atoms with van der Waals surface area (Å²) in [7, 11) is 0. The molecule has 1 atom stereocenters. The summed E-state index contributed by atoms with van der Waals surface area (Å²) >= 11 is 0. The lowest BCUT2D eigenvalue weighted by molar-refractivity contribution is -0.153. The van der Waals surface area contributed by atoms with E-state index in [0.29, 0.717) is 11.1 Å². The van der Waals surface area contributed by atoms with Crippen LogP contribution in [-0.2, 0) is 27.0 Å². The minimum Gasteiger partial charge on any atom is -0.451 e. The van der Waals surface area contributed by atoms with Crippen LogP contribution in [0.15, 0.2) is 57.7 Å². The highest BCUT2D eigenvalue weighted by molar-refractivity contribution is 5.95. The standard InChI is InChI=1S/C19H15F3N2O5/c1-11(17(26)23-13-8-6-12(7-9-13)19(20,21)22)28-16(25)10-24-14-4-2-3-5-15(14)29-18(24)27/h2-9,11H,10H2,1H3,(H,23,26)/t11-/m0/s1. The summed E-state index contributed by atoms with van der Waals surface area (Å²) in [6, 6.07) is 10.3. The molecule has 1 aromatic heterocycles. The summed E-state index contributed by atoms with van der Waals surface area (Å²) in [6.45, 7) is 0.835. The van der Waals surface area contributed by atoms with E-state index in [4.69, 9.17) is 9.15 Å². The molecule has 1 amide bonds. The zero-order valence-electron chi connectivity index (χ0n) is 15.0. The molecule has 0 spiro atoms. The first-order chi connectivity index (χ1) is 13.6. The van der Waals surface area contributed by atoms with Gasteiger partial charge in [0.15, 0.2) is 11.7 Å². The van der Waals surface area contributed by atoms with Crippen LogP contribution in [0.25, 0.3) is 11.1 Å². The lowest BCUT2D eigenvalue weighted by Crippen LogP contribution is -2.32. The number of aromatic nitrogens is 1. The number of rotatable bonds is 5. The largest absolute Gasteiger partial charge is 0.451 e. The van der Waals surface area contributed by atoms with Crippen LogP contribution in [0.3, 0.4) is 0 Å². The van der Waals surface area contributed by atoms with Gasteiger partial charge in [-0.1, -0.05) is 12.1 Å². The molecule has 0 radical (unpaired) electrons. The second-order valence-corrected chi connectivity index (χ2v) is 6.12. The van der Waals surface area contributed by atoms with E-state index in [1.54, 1.807) is 24.3 Å². The summed E-state index contributed by atoms with van der Waals surface area (Å²) in [5.74, 6) is -2.33. The van der Waals surface area contributed by atoms with Crippen LogP contribution in [0.4, 0.5) is 18.9 Å². The van der Waals surface area contributed by atoms with Crippen LogP contribution in [-0.4, -0.2) is 22.5 Å². The number of benzene rings is 2. The molecule has 2 aromatic carbocycles. The fraction of sp³-hybridized carbons (Fsp3) is 0.211. The summed E-state index contributed by atoms with van der Waals surface area (Å²) in [4.78, 5) is 36.1. The van der Waals surface area contributed by atoms with Crippen molar-refractivity contribution in [2.45, 2.75) is 25.7 Å². The fourth-order valence-corrected chi connectivity index (χ4v) is 2.57. The number of hydrogen-bond donors (Lipinski definition) is 1. The van der Waals surface area contributed by atoms with Crippen LogP contribution >= 0.6 is 0 Å². The third kappa shape index (κ3) is 4.65. The van der Waals surface area contributed by atoms with Crippen molar-refractivity contribution < 1.29 is 31.9 Å². The maximum atomic E-state index is 12.6. The fourth-order valence-electron chi connectivity index (χ4n) is 2.57. The smallest absolute Gasteiger partial charge is 0.420 e. The maximum Gasteiger partial charge on any atom is 0.420 e. The first-order valence-corrected chi connectivity index (χ1v) is 8.41. The third-order valence-electron chi connectivity index (χ3n) is 4.02. The number of fused-ring (bicyclic) bond motifs is 1. The average molecular weight is 408 g/mol. The van der Waals surface area contributed by atoms with Gasteiger partial charge in [0.25, 0.3) is 5.91 Å². The van der Waals surface area contributed by atoms with Crippen LogP contribution in [0.1, 0.15) is 12.5 Å². The topological polar surface area (TPSA) is 90.5 Å². The molecule has 1 heterocycles. The summed E-state index contributed by atoms with van der Waals surface area (Å²) in [5, 5.41) is 2.36. The van der Waals surface area contributed by atoms with Gasteiger partial charge in [0.1, 0.15) is 6.54 Å². The average Bonchev–Trinajstić information content (AvgIpc) is 2.96. The van der Waals surface area contributed by atoms with E-state index in [1.165, 1.54) is 6.92 Å². The molecule has 0 aliphatic carbocycles. The zero-order chi connectivity index (χ0) is 21.2. The molecule has 29 heavy (non-hydrogen) atoms. The number of para-hydroxylation sites is 2. The number of esters is 1. The summed E-state index contributed by atoms with van der Waals surface area (Å²) in [6.07, 6.45) is -5.72. The Kier molecular flexibility index (Phi) is 5.44. The number of alkyl halides is 3. The van der Waals surface area contributed by atoms with Gasteiger partial charge in [-0.05, 0) is 43.3 Å². The number of anilines is 1. The monoisotopic (exact) mass is 408 g/mol. The molecule has 0 bridgehead atoms. The first-order valence-electron chi connectivity index (χ1n) is 8.41. The van der Waals surface area contributed by atoms with Gasteiger partial charge < -0.3 is 14.5 Å². The van der Waals surface area contributed by atoms with Crippen LogP contribution in [0.5, 0.6) is 0 Å². The molecule has 0 saturated heterocycles. The number of carbonyl (C=O) groups excluding carboxylic acids is 2. The normalized spacial score (nSPS) is 12.6. The minimum atomic E-state index is -4.49. The van der Waals surface area contributed by atoms with Crippen LogP contribution < -0.4 is 11.1 Å². The molecule has 0 fully saturated rings. The van der Waals surface area contributed by atoms with Crippen molar-refractivity contribution in [1.82, 2.24) is 4.57 Å². The second-order valence-electron chi connectivity index (χ2n) is 6.12. The number of carbonyl (C=O) groups is 2. The SMILES string of the molecule is C[C@H](OC(=O)Cn1c(=O)oc2ccccc21)C(=O)Nc1ccc(C(F)(F)F)cc1. The number of halogens is 3. The van der Waals surface area contributed by atoms with E-state index >= 15 is 0 Å². The lowest BCUT2D eigenvalue weighted by atomic mass is 10.2. The number of nitrogens with one attached hydrogen (secondary N) is 1. The van der Waals surface area contributed by atoms with Crippen molar-refractivity contribution in [3.8, 4) is 0 Å². The van der Waals surface area contributed by atoms with Gasteiger partial charge >= 0.3 is 17.9 Å². The Morgan fingerprint density at radius 3 is 2.45 bits per heavy atom. The lowest BCUT2D eigenvalue weighted by Gasteiger charge is -2.14.